The van der Waals surface area contributed by atoms with Crippen molar-refractivity contribution in [2.75, 3.05) is 7.11 Å². The Hall–Kier alpha value is -3.86. The number of likely N-dealkylation sites (tertiary alicyclic amines) is 1. The molecular weight excluding hydrogens is 390 g/mol. The zero-order chi connectivity index (χ0) is 22.0. The molecule has 1 amide bonds. The van der Waals surface area contributed by atoms with Gasteiger partial charge in [0.25, 0.3) is 11.7 Å². The maximum Gasteiger partial charge on any atom is 0.295 e. The van der Waals surface area contributed by atoms with Gasteiger partial charge < -0.3 is 14.7 Å². The van der Waals surface area contributed by atoms with E-state index in [9.17, 15) is 14.7 Å². The van der Waals surface area contributed by atoms with Gasteiger partial charge in [0.15, 0.2) is 0 Å². The summed E-state index contributed by atoms with van der Waals surface area (Å²) >= 11 is 0. The molecule has 1 heterocycles. The molecule has 1 saturated heterocycles. The van der Waals surface area contributed by atoms with Crippen LogP contribution in [-0.2, 0) is 16.1 Å². The largest absolute Gasteiger partial charge is 0.507 e. The van der Waals surface area contributed by atoms with Gasteiger partial charge in [-0.25, -0.2) is 0 Å². The lowest BCUT2D eigenvalue weighted by atomic mass is 9.94. The number of Topliss-reactive ketones (excluding diaryl/α,β-unsaturated/α-hetero) is 1. The highest BCUT2D eigenvalue weighted by Gasteiger charge is 2.46. The third-order valence-electron chi connectivity index (χ3n) is 5.47. The van der Waals surface area contributed by atoms with Crippen molar-refractivity contribution >= 4 is 17.4 Å². The maximum absolute atomic E-state index is 13.1. The molecule has 0 spiro atoms. The molecule has 1 fully saturated rings. The predicted molar refractivity (Wildman–Crippen MR) is 118 cm³/mol. The van der Waals surface area contributed by atoms with Crippen molar-refractivity contribution in [1.82, 2.24) is 4.90 Å². The van der Waals surface area contributed by atoms with Gasteiger partial charge in [-0.3, -0.25) is 9.59 Å². The molecule has 1 unspecified atom stereocenters. The van der Waals surface area contributed by atoms with Crippen molar-refractivity contribution < 1.29 is 19.4 Å². The average molecular weight is 413 g/mol. The number of hydrogen-bond acceptors (Lipinski definition) is 4. The number of carbonyl (C=O) groups excluding carboxylic acids is 2. The molecule has 0 aliphatic carbocycles. The van der Waals surface area contributed by atoms with Crippen molar-refractivity contribution in [3.63, 3.8) is 0 Å². The number of carbonyl (C=O) groups is 2. The minimum Gasteiger partial charge on any atom is -0.507 e. The summed E-state index contributed by atoms with van der Waals surface area (Å²) < 4.78 is 5.35. The number of hydrogen-bond donors (Lipinski definition) is 1. The molecule has 0 bridgehead atoms. The molecule has 31 heavy (non-hydrogen) atoms. The van der Waals surface area contributed by atoms with E-state index in [1.165, 1.54) is 4.90 Å². The van der Waals surface area contributed by atoms with E-state index in [0.29, 0.717) is 16.9 Å². The molecule has 1 aliphatic heterocycles. The molecule has 1 N–H and O–H groups in total. The lowest BCUT2D eigenvalue weighted by Crippen LogP contribution is -2.29. The minimum atomic E-state index is -0.725. The van der Waals surface area contributed by atoms with Gasteiger partial charge >= 0.3 is 0 Å². The van der Waals surface area contributed by atoms with E-state index in [2.05, 4.69) is 0 Å². The summed E-state index contributed by atoms with van der Waals surface area (Å²) in [6.45, 7) is 2.19. The van der Waals surface area contributed by atoms with Gasteiger partial charge in [-0.15, -0.1) is 0 Å². The highest BCUT2D eigenvalue weighted by molar-refractivity contribution is 6.46. The second-order valence-corrected chi connectivity index (χ2v) is 7.56. The number of ketones is 1. The van der Waals surface area contributed by atoms with Crippen LogP contribution in [0.25, 0.3) is 5.76 Å². The van der Waals surface area contributed by atoms with Crippen molar-refractivity contribution in [2.24, 2.45) is 0 Å². The summed E-state index contributed by atoms with van der Waals surface area (Å²) in [5, 5.41) is 11.1. The predicted octanol–water partition coefficient (Wildman–Crippen LogP) is 4.63. The van der Waals surface area contributed by atoms with E-state index in [1.54, 1.807) is 31.4 Å². The van der Waals surface area contributed by atoms with Crippen LogP contribution in [0.1, 0.15) is 28.3 Å². The monoisotopic (exact) mass is 413 g/mol. The van der Waals surface area contributed by atoms with E-state index >= 15 is 0 Å². The first-order valence-corrected chi connectivity index (χ1v) is 10.0. The summed E-state index contributed by atoms with van der Waals surface area (Å²) in [5.74, 6) is -0.896. The van der Waals surface area contributed by atoms with Crippen molar-refractivity contribution in [2.45, 2.75) is 19.5 Å². The molecule has 3 aromatic rings. The van der Waals surface area contributed by atoms with Crippen molar-refractivity contribution in [3.05, 3.63) is 107 Å². The molecule has 5 heteroatoms. The SMILES string of the molecule is COc1cccc(C2C(=C(O)c3ccc(C)cc3)C(=O)C(=O)N2Cc2ccccc2)c1. The Morgan fingerprint density at radius 2 is 1.68 bits per heavy atom. The molecule has 5 nitrogen and oxygen atoms in total. The Balaban J connectivity index is 1.87. The number of aliphatic hydroxyl groups excluding tert-OH is 1. The van der Waals surface area contributed by atoms with Crippen LogP contribution in [0.3, 0.4) is 0 Å². The maximum atomic E-state index is 13.1. The third kappa shape index (κ3) is 3.94. The minimum absolute atomic E-state index is 0.0815. The zero-order valence-electron chi connectivity index (χ0n) is 17.4. The van der Waals surface area contributed by atoms with E-state index in [-0.39, 0.29) is 17.9 Å². The Bertz CT molecular complexity index is 1150. The number of aliphatic hydroxyl groups is 1. The van der Waals surface area contributed by atoms with Gasteiger partial charge in [-0.1, -0.05) is 72.3 Å². The molecular formula is C26H23NO4. The molecule has 156 valence electrons. The molecule has 1 atom stereocenters. The van der Waals surface area contributed by atoms with Crippen LogP contribution in [0.4, 0.5) is 0 Å². The van der Waals surface area contributed by atoms with Crippen LogP contribution in [0.2, 0.25) is 0 Å². The molecule has 0 aromatic heterocycles. The smallest absolute Gasteiger partial charge is 0.295 e. The fourth-order valence-electron chi connectivity index (χ4n) is 3.85. The molecule has 0 saturated carbocycles. The molecule has 4 rings (SSSR count). The molecule has 3 aromatic carbocycles. The number of ether oxygens (including phenoxy) is 1. The van der Waals surface area contributed by atoms with Crippen LogP contribution in [0, 0.1) is 6.92 Å². The van der Waals surface area contributed by atoms with E-state index in [0.717, 1.165) is 11.1 Å². The van der Waals surface area contributed by atoms with Crippen LogP contribution >= 0.6 is 0 Å². The van der Waals surface area contributed by atoms with Crippen molar-refractivity contribution in [3.8, 4) is 5.75 Å². The zero-order valence-corrected chi connectivity index (χ0v) is 17.4. The Morgan fingerprint density at radius 3 is 2.35 bits per heavy atom. The average Bonchev–Trinajstić information content (AvgIpc) is 3.05. The number of nitrogens with zero attached hydrogens (tertiary/aromatic N) is 1. The lowest BCUT2D eigenvalue weighted by Gasteiger charge is -2.25. The van der Waals surface area contributed by atoms with Crippen LogP contribution in [0.5, 0.6) is 5.75 Å². The van der Waals surface area contributed by atoms with Gasteiger partial charge in [-0.2, -0.15) is 0 Å². The fraction of sp³-hybridized carbons (Fsp3) is 0.154. The van der Waals surface area contributed by atoms with Gasteiger partial charge in [0.1, 0.15) is 11.5 Å². The van der Waals surface area contributed by atoms with Crippen molar-refractivity contribution in [1.29, 1.82) is 0 Å². The van der Waals surface area contributed by atoms with Crippen LogP contribution in [0.15, 0.2) is 84.4 Å². The highest BCUT2D eigenvalue weighted by Crippen LogP contribution is 2.41. The summed E-state index contributed by atoms with van der Waals surface area (Å²) in [4.78, 5) is 27.6. The van der Waals surface area contributed by atoms with Gasteiger partial charge in [0, 0.05) is 12.1 Å². The Kier molecular flexibility index (Phi) is 5.58. The van der Waals surface area contributed by atoms with Gasteiger partial charge in [0.2, 0.25) is 0 Å². The second kappa shape index (κ2) is 8.48. The number of methoxy groups -OCH3 is 1. The van der Waals surface area contributed by atoms with E-state index in [1.807, 2.05) is 61.5 Å². The highest BCUT2D eigenvalue weighted by atomic mass is 16.5. The van der Waals surface area contributed by atoms with Gasteiger partial charge in [-0.05, 0) is 30.2 Å². The summed E-state index contributed by atoms with van der Waals surface area (Å²) in [5.41, 5.74) is 3.20. The Morgan fingerprint density at radius 1 is 0.968 bits per heavy atom. The third-order valence-corrected chi connectivity index (χ3v) is 5.47. The topological polar surface area (TPSA) is 66.8 Å². The number of aryl methyl sites for hydroxylation is 1. The molecule has 0 radical (unpaired) electrons. The first-order chi connectivity index (χ1) is 15.0. The Labute approximate surface area is 181 Å². The van der Waals surface area contributed by atoms with Crippen LogP contribution in [-0.4, -0.2) is 28.8 Å². The normalized spacial score (nSPS) is 17.7. The molecule has 1 aliphatic rings. The van der Waals surface area contributed by atoms with Gasteiger partial charge in [0.05, 0.1) is 18.7 Å². The number of benzene rings is 3. The summed E-state index contributed by atoms with van der Waals surface area (Å²) in [7, 11) is 1.56. The van der Waals surface area contributed by atoms with Crippen LogP contribution < -0.4 is 4.74 Å². The standard InChI is InChI=1S/C26H23NO4/c1-17-11-13-19(14-12-17)24(28)22-23(20-9-6-10-21(15-20)31-2)27(26(30)25(22)29)16-18-7-4-3-5-8-18/h3-15,23,28H,16H2,1-2H3. The number of rotatable bonds is 5. The lowest BCUT2D eigenvalue weighted by molar-refractivity contribution is -0.140. The quantitative estimate of drug-likeness (QED) is 0.376. The van der Waals surface area contributed by atoms with E-state index < -0.39 is 17.7 Å². The number of amides is 1. The second-order valence-electron chi connectivity index (χ2n) is 7.56. The first kappa shape index (κ1) is 20.4. The summed E-state index contributed by atoms with van der Waals surface area (Å²) in [6, 6.07) is 23.2. The fourth-order valence-corrected chi connectivity index (χ4v) is 3.85. The summed E-state index contributed by atoms with van der Waals surface area (Å²) in [6.07, 6.45) is 0. The first-order valence-electron chi connectivity index (χ1n) is 10.0. The van der Waals surface area contributed by atoms with E-state index in [4.69, 9.17) is 4.74 Å².